The molecule has 0 radical (unpaired) electrons. The molecule has 0 heterocycles. The van der Waals surface area contributed by atoms with Crippen molar-refractivity contribution in [1.82, 2.24) is 0 Å². The molecule has 1 rings (SSSR count). The quantitative estimate of drug-likeness (QED) is 0.777. The molecule has 0 saturated heterocycles. The van der Waals surface area contributed by atoms with Gasteiger partial charge in [-0.1, -0.05) is 0 Å². The Kier molecular flexibility index (Phi) is 4.23. The lowest BCUT2D eigenvalue weighted by Crippen LogP contribution is -2.23. The third kappa shape index (κ3) is 3.53. The van der Waals surface area contributed by atoms with Gasteiger partial charge >= 0.3 is 5.43 Å². The van der Waals surface area contributed by atoms with E-state index in [2.05, 4.69) is 0 Å². The molecule has 0 unspecified atom stereocenters. The number of halogens is 1. The third-order valence-corrected chi connectivity index (χ3v) is 2.46. The molecule has 0 aliphatic heterocycles. The number of carbonyl (C=O) groups excluding carboxylic acids is 1. The minimum absolute atomic E-state index is 0.623. The summed E-state index contributed by atoms with van der Waals surface area (Å²) < 4.78 is 15.3. The van der Waals surface area contributed by atoms with Gasteiger partial charge in [-0.05, 0) is 26.0 Å². The summed E-state index contributed by atoms with van der Waals surface area (Å²) in [5.41, 5.74) is -0.958. The van der Waals surface area contributed by atoms with E-state index < -0.39 is 11.0 Å². The molecule has 94 valence electrons. The second kappa shape index (κ2) is 5.27. The highest BCUT2D eigenvalue weighted by Gasteiger charge is 2.26. The van der Waals surface area contributed by atoms with E-state index in [-0.39, 0.29) is 0 Å². The Balaban J connectivity index is 3.15. The molecule has 1 aromatic rings. The second-order valence-corrected chi connectivity index (χ2v) is 4.26. The molecule has 0 saturated carbocycles. The molecule has 4 nitrogen and oxygen atoms in total. The van der Waals surface area contributed by atoms with Gasteiger partial charge in [0.1, 0.15) is 17.1 Å². The number of hydrogen-bond acceptors (Lipinski definition) is 4. The first kappa shape index (κ1) is 13.6. The maximum Gasteiger partial charge on any atom is 0.404 e. The van der Waals surface area contributed by atoms with Crippen molar-refractivity contribution < 1.29 is 19.0 Å². The Labute approximate surface area is 105 Å². The van der Waals surface area contributed by atoms with Gasteiger partial charge in [0.05, 0.1) is 14.2 Å². The fourth-order valence-corrected chi connectivity index (χ4v) is 1.61. The van der Waals surface area contributed by atoms with E-state index in [4.69, 9.17) is 25.8 Å². The van der Waals surface area contributed by atoms with Gasteiger partial charge in [0, 0.05) is 23.2 Å². The van der Waals surface area contributed by atoms with Crippen molar-refractivity contribution in [3.05, 3.63) is 23.8 Å². The first-order valence-corrected chi connectivity index (χ1v) is 5.39. The summed E-state index contributed by atoms with van der Waals surface area (Å²) in [7, 11) is 3.11. The van der Waals surface area contributed by atoms with Crippen molar-refractivity contribution in [2.24, 2.45) is 0 Å². The van der Waals surface area contributed by atoms with E-state index in [0.29, 0.717) is 11.5 Å². The number of methoxy groups -OCH3 is 2. The number of benzene rings is 1. The summed E-state index contributed by atoms with van der Waals surface area (Å²) in [6, 6.07) is 5.27. The van der Waals surface area contributed by atoms with Gasteiger partial charge in [-0.2, -0.15) is 0 Å². The zero-order valence-electron chi connectivity index (χ0n) is 10.2. The van der Waals surface area contributed by atoms with E-state index in [0.717, 1.165) is 5.56 Å². The van der Waals surface area contributed by atoms with Crippen molar-refractivity contribution in [3.63, 3.8) is 0 Å². The van der Waals surface area contributed by atoms with E-state index in [1.807, 2.05) is 0 Å². The molecule has 0 spiro atoms. The molecule has 1 aromatic carbocycles. The minimum atomic E-state index is -0.850. The molecule has 0 aliphatic carbocycles. The zero-order chi connectivity index (χ0) is 13.1. The van der Waals surface area contributed by atoms with Crippen LogP contribution in [0.4, 0.5) is 4.79 Å². The van der Waals surface area contributed by atoms with Crippen LogP contribution in [-0.4, -0.2) is 19.6 Å². The topological polar surface area (TPSA) is 44.8 Å². The van der Waals surface area contributed by atoms with Gasteiger partial charge in [0.15, 0.2) is 0 Å². The van der Waals surface area contributed by atoms with Gasteiger partial charge in [-0.3, -0.25) is 0 Å². The van der Waals surface area contributed by atoms with Crippen molar-refractivity contribution in [1.29, 1.82) is 0 Å². The van der Waals surface area contributed by atoms with Crippen LogP contribution < -0.4 is 9.47 Å². The fraction of sp³-hybridized carbons (Fsp3) is 0.417. The van der Waals surface area contributed by atoms with Gasteiger partial charge in [-0.15, -0.1) is 0 Å². The number of hydrogen-bond donors (Lipinski definition) is 0. The minimum Gasteiger partial charge on any atom is -0.497 e. The van der Waals surface area contributed by atoms with Crippen molar-refractivity contribution in [2.45, 2.75) is 19.4 Å². The van der Waals surface area contributed by atoms with Crippen LogP contribution in [0.25, 0.3) is 0 Å². The van der Waals surface area contributed by atoms with Crippen LogP contribution in [0.2, 0.25) is 0 Å². The standard InChI is InChI=1S/C12H15ClO4/c1-12(2,17-11(13)14)8-5-9(15-3)7-10(6-8)16-4/h5-7H,1-4H3. The molecule has 0 amide bonds. The largest absolute Gasteiger partial charge is 0.497 e. The average Bonchev–Trinajstić information content (AvgIpc) is 2.26. The van der Waals surface area contributed by atoms with Crippen LogP contribution in [0.15, 0.2) is 18.2 Å². The van der Waals surface area contributed by atoms with Gasteiger partial charge < -0.3 is 14.2 Å². The number of carbonyl (C=O) groups is 1. The monoisotopic (exact) mass is 258 g/mol. The van der Waals surface area contributed by atoms with Crippen molar-refractivity contribution in [3.8, 4) is 11.5 Å². The summed E-state index contributed by atoms with van der Waals surface area (Å²) in [5, 5.41) is 0. The predicted octanol–water partition coefficient (Wildman–Crippen LogP) is 3.31. The molecule has 0 aliphatic rings. The maximum absolute atomic E-state index is 10.8. The van der Waals surface area contributed by atoms with Gasteiger partial charge in [0.25, 0.3) is 0 Å². The van der Waals surface area contributed by atoms with E-state index in [9.17, 15) is 4.79 Å². The Morgan fingerprint density at radius 2 is 1.59 bits per heavy atom. The Hall–Kier alpha value is -1.42. The lowest BCUT2D eigenvalue weighted by Gasteiger charge is -2.25. The molecule has 0 bridgehead atoms. The van der Waals surface area contributed by atoms with Crippen molar-refractivity contribution in [2.75, 3.05) is 14.2 Å². The number of ether oxygens (including phenoxy) is 3. The Morgan fingerprint density at radius 1 is 1.12 bits per heavy atom. The SMILES string of the molecule is COc1cc(OC)cc(C(C)(C)OC(=O)Cl)c1. The third-order valence-electron chi connectivity index (χ3n) is 2.38. The molecular weight excluding hydrogens is 244 g/mol. The average molecular weight is 259 g/mol. The Bertz CT molecular complexity index is 393. The van der Waals surface area contributed by atoms with E-state index in [1.54, 1.807) is 46.3 Å². The fourth-order valence-electron chi connectivity index (χ4n) is 1.41. The highest BCUT2D eigenvalue weighted by molar-refractivity contribution is 6.61. The number of rotatable bonds is 4. The van der Waals surface area contributed by atoms with Crippen LogP contribution in [0, 0.1) is 0 Å². The molecule has 0 aromatic heterocycles. The highest BCUT2D eigenvalue weighted by atomic mass is 35.5. The molecular formula is C12H15ClO4. The highest BCUT2D eigenvalue weighted by Crippen LogP contribution is 2.32. The lowest BCUT2D eigenvalue weighted by atomic mass is 9.97. The molecule has 5 heteroatoms. The Morgan fingerprint density at radius 3 is 1.94 bits per heavy atom. The van der Waals surface area contributed by atoms with E-state index >= 15 is 0 Å². The van der Waals surface area contributed by atoms with E-state index in [1.165, 1.54) is 0 Å². The van der Waals surface area contributed by atoms with Crippen LogP contribution in [0.3, 0.4) is 0 Å². The molecule has 0 N–H and O–H groups in total. The molecule has 0 fully saturated rings. The van der Waals surface area contributed by atoms with Crippen LogP contribution in [0.5, 0.6) is 11.5 Å². The van der Waals surface area contributed by atoms with Crippen molar-refractivity contribution >= 4 is 17.0 Å². The second-order valence-electron chi connectivity index (χ2n) is 3.95. The molecule has 17 heavy (non-hydrogen) atoms. The first-order chi connectivity index (χ1) is 7.89. The summed E-state index contributed by atoms with van der Waals surface area (Å²) in [5.74, 6) is 1.25. The first-order valence-electron chi connectivity index (χ1n) is 5.01. The zero-order valence-corrected chi connectivity index (χ0v) is 11.0. The summed E-state index contributed by atoms with van der Waals surface area (Å²) in [6.07, 6.45) is 0. The normalized spacial score (nSPS) is 10.9. The summed E-state index contributed by atoms with van der Waals surface area (Å²) in [4.78, 5) is 10.8. The smallest absolute Gasteiger partial charge is 0.404 e. The summed E-state index contributed by atoms with van der Waals surface area (Å²) in [6.45, 7) is 3.48. The van der Waals surface area contributed by atoms with Crippen LogP contribution >= 0.6 is 11.6 Å². The van der Waals surface area contributed by atoms with Crippen LogP contribution in [-0.2, 0) is 10.3 Å². The molecule has 0 atom stereocenters. The summed E-state index contributed by atoms with van der Waals surface area (Å²) >= 11 is 5.24. The predicted molar refractivity (Wildman–Crippen MR) is 64.9 cm³/mol. The lowest BCUT2D eigenvalue weighted by molar-refractivity contribution is 0.0548. The van der Waals surface area contributed by atoms with Crippen LogP contribution in [0.1, 0.15) is 19.4 Å². The van der Waals surface area contributed by atoms with Gasteiger partial charge in [-0.25, -0.2) is 4.79 Å². The van der Waals surface area contributed by atoms with Gasteiger partial charge in [0.2, 0.25) is 0 Å². The maximum atomic E-state index is 10.8.